The molecule has 0 aliphatic carbocycles. The van der Waals surface area contributed by atoms with E-state index in [1.807, 2.05) is 48.5 Å². The molecule has 0 radical (unpaired) electrons. The third kappa shape index (κ3) is 4.55. The number of ether oxygens (including phenoxy) is 2. The number of esters is 1. The van der Waals surface area contributed by atoms with Gasteiger partial charge in [-0.2, -0.15) is 0 Å². The highest BCUT2D eigenvalue weighted by atomic mass is 32.1. The van der Waals surface area contributed by atoms with E-state index in [9.17, 15) is 9.59 Å². The van der Waals surface area contributed by atoms with Crippen LogP contribution in [0.5, 0.6) is 11.5 Å². The molecule has 0 aromatic heterocycles. The molecule has 1 aliphatic rings. The van der Waals surface area contributed by atoms with Gasteiger partial charge in [0.2, 0.25) is 0 Å². The summed E-state index contributed by atoms with van der Waals surface area (Å²) in [6.45, 7) is 2.07. The Balaban J connectivity index is 1.41. The van der Waals surface area contributed by atoms with Crippen LogP contribution in [0.2, 0.25) is 0 Å². The van der Waals surface area contributed by atoms with Gasteiger partial charge >= 0.3 is 5.97 Å². The van der Waals surface area contributed by atoms with Crippen LogP contribution < -0.4 is 20.9 Å². The summed E-state index contributed by atoms with van der Waals surface area (Å²) in [4.78, 5) is 24.8. The van der Waals surface area contributed by atoms with Gasteiger partial charge < -0.3 is 14.8 Å². The van der Waals surface area contributed by atoms with Crippen LogP contribution in [0.3, 0.4) is 0 Å². The van der Waals surface area contributed by atoms with Gasteiger partial charge in [-0.05, 0) is 55.5 Å². The average molecular weight is 448 g/mol. The normalized spacial score (nSPS) is 11.9. The molecule has 7 nitrogen and oxygen atoms in total. The zero-order valence-corrected chi connectivity index (χ0v) is 18.1. The van der Waals surface area contributed by atoms with Crippen LogP contribution in [0.4, 0.5) is 5.69 Å². The third-order valence-corrected chi connectivity index (χ3v) is 5.10. The Morgan fingerprint density at radius 2 is 1.50 bits per heavy atom. The lowest BCUT2D eigenvalue weighted by atomic mass is 9.87. The summed E-state index contributed by atoms with van der Waals surface area (Å²) in [6, 6.07) is 21.6. The van der Waals surface area contributed by atoms with Crippen molar-refractivity contribution in [3.63, 3.8) is 0 Å². The number of carbonyl (C=O) groups is 2. The molecule has 0 atom stereocenters. The second kappa shape index (κ2) is 9.49. The third-order valence-electron chi connectivity index (χ3n) is 4.90. The molecule has 1 heterocycles. The van der Waals surface area contributed by atoms with E-state index in [0.717, 1.165) is 11.1 Å². The number of hydrogen-bond acceptors (Lipinski definition) is 5. The Kier molecular flexibility index (Phi) is 6.32. The minimum atomic E-state index is -0.546. The monoisotopic (exact) mass is 447 g/mol. The topological polar surface area (TPSA) is 88.7 Å². The fraction of sp³-hybridized carbons (Fsp3) is 0.125. The largest absolute Gasteiger partial charge is 0.462 e. The van der Waals surface area contributed by atoms with Gasteiger partial charge in [-0.3, -0.25) is 15.6 Å². The molecule has 3 aromatic carbocycles. The van der Waals surface area contributed by atoms with Crippen LogP contribution in [0.1, 0.15) is 34.3 Å². The Labute approximate surface area is 190 Å². The van der Waals surface area contributed by atoms with Crippen molar-refractivity contribution in [2.45, 2.75) is 12.8 Å². The number of rotatable bonds is 4. The molecule has 32 heavy (non-hydrogen) atoms. The zero-order chi connectivity index (χ0) is 22.5. The predicted octanol–water partition coefficient (Wildman–Crippen LogP) is 4.12. The van der Waals surface area contributed by atoms with Gasteiger partial charge in [0.15, 0.2) is 5.11 Å². The Bertz CT molecular complexity index is 1120. The van der Waals surface area contributed by atoms with Gasteiger partial charge in [0.25, 0.3) is 5.91 Å². The van der Waals surface area contributed by atoms with Crippen molar-refractivity contribution in [2.24, 2.45) is 0 Å². The predicted molar refractivity (Wildman–Crippen MR) is 125 cm³/mol. The molecule has 0 fully saturated rings. The van der Waals surface area contributed by atoms with Crippen LogP contribution in [0, 0.1) is 0 Å². The SMILES string of the molecule is CCOC(=O)c1ccc(NC(=S)NNC(=O)C2c3ccccc3Oc3ccccc32)cc1. The highest BCUT2D eigenvalue weighted by molar-refractivity contribution is 7.80. The number of fused-ring (bicyclic) bond motifs is 2. The first kappa shape index (κ1) is 21.3. The Hall–Kier alpha value is -3.91. The van der Waals surface area contributed by atoms with Gasteiger partial charge in [0, 0.05) is 16.8 Å². The molecule has 3 N–H and O–H groups in total. The maximum atomic E-state index is 13.1. The van der Waals surface area contributed by atoms with Crippen molar-refractivity contribution in [1.82, 2.24) is 10.9 Å². The molecule has 0 saturated carbocycles. The fourth-order valence-electron chi connectivity index (χ4n) is 3.45. The fourth-order valence-corrected chi connectivity index (χ4v) is 3.62. The highest BCUT2D eigenvalue weighted by Gasteiger charge is 2.32. The number of hydrazine groups is 1. The van der Waals surface area contributed by atoms with E-state index in [2.05, 4.69) is 16.2 Å². The molecular weight excluding hydrogens is 426 g/mol. The van der Waals surface area contributed by atoms with Gasteiger partial charge in [0.1, 0.15) is 11.5 Å². The number of nitrogens with one attached hydrogen (secondary N) is 3. The summed E-state index contributed by atoms with van der Waals surface area (Å²) in [5.74, 6) is 0.0943. The van der Waals surface area contributed by atoms with Crippen LogP contribution >= 0.6 is 12.2 Å². The minimum Gasteiger partial charge on any atom is -0.462 e. The molecular formula is C24H21N3O4S. The number of amides is 1. The van der Waals surface area contributed by atoms with Gasteiger partial charge in [0.05, 0.1) is 18.1 Å². The molecule has 162 valence electrons. The minimum absolute atomic E-state index is 0.205. The zero-order valence-electron chi connectivity index (χ0n) is 17.3. The lowest BCUT2D eigenvalue weighted by Crippen LogP contribution is -2.46. The van der Waals surface area contributed by atoms with E-state index in [-0.39, 0.29) is 17.0 Å². The van der Waals surface area contributed by atoms with E-state index < -0.39 is 5.92 Å². The number of para-hydroxylation sites is 2. The molecule has 0 spiro atoms. The van der Waals surface area contributed by atoms with E-state index >= 15 is 0 Å². The number of thiocarbonyl (C=S) groups is 1. The first-order valence-electron chi connectivity index (χ1n) is 10.1. The first-order chi connectivity index (χ1) is 15.6. The molecule has 4 rings (SSSR count). The molecule has 0 unspecified atom stereocenters. The van der Waals surface area contributed by atoms with Crippen molar-refractivity contribution in [3.8, 4) is 11.5 Å². The molecule has 0 bridgehead atoms. The summed E-state index contributed by atoms with van der Waals surface area (Å²) >= 11 is 5.28. The van der Waals surface area contributed by atoms with E-state index in [0.29, 0.717) is 29.4 Å². The van der Waals surface area contributed by atoms with Crippen molar-refractivity contribution in [1.29, 1.82) is 0 Å². The highest BCUT2D eigenvalue weighted by Crippen LogP contribution is 2.43. The first-order valence-corrected chi connectivity index (χ1v) is 10.5. The number of anilines is 1. The van der Waals surface area contributed by atoms with Gasteiger partial charge in [-0.15, -0.1) is 0 Å². The summed E-state index contributed by atoms with van der Waals surface area (Å²) in [6.07, 6.45) is 0. The van der Waals surface area contributed by atoms with Crippen LogP contribution in [-0.2, 0) is 9.53 Å². The second-order valence-electron chi connectivity index (χ2n) is 6.98. The van der Waals surface area contributed by atoms with Crippen molar-refractivity contribution in [2.75, 3.05) is 11.9 Å². The lowest BCUT2D eigenvalue weighted by Gasteiger charge is -2.27. The summed E-state index contributed by atoms with van der Waals surface area (Å²) in [5.41, 5.74) is 8.07. The number of hydrogen-bond donors (Lipinski definition) is 3. The summed E-state index contributed by atoms with van der Waals surface area (Å²) in [5, 5.41) is 3.17. The average Bonchev–Trinajstić information content (AvgIpc) is 2.81. The second-order valence-corrected chi connectivity index (χ2v) is 7.39. The van der Waals surface area contributed by atoms with Gasteiger partial charge in [-0.25, -0.2) is 4.79 Å². The Morgan fingerprint density at radius 3 is 2.09 bits per heavy atom. The molecule has 1 amide bonds. The lowest BCUT2D eigenvalue weighted by molar-refractivity contribution is -0.122. The molecule has 1 aliphatic heterocycles. The van der Waals surface area contributed by atoms with Crippen molar-refractivity contribution in [3.05, 3.63) is 89.5 Å². The quantitative estimate of drug-likeness (QED) is 0.315. The smallest absolute Gasteiger partial charge is 0.338 e. The standard InChI is InChI=1S/C24H21N3O4S/c1-2-30-23(29)15-11-13-16(14-12-15)25-24(32)27-26-22(28)21-17-7-3-5-9-19(17)31-20-10-6-4-8-18(20)21/h3-14,21H,2H2,1H3,(H,26,28)(H2,25,27,32). The van der Waals surface area contributed by atoms with Crippen molar-refractivity contribution >= 4 is 34.9 Å². The van der Waals surface area contributed by atoms with Crippen LogP contribution in [-0.4, -0.2) is 23.6 Å². The molecule has 3 aromatic rings. The number of benzene rings is 3. The van der Waals surface area contributed by atoms with Gasteiger partial charge in [-0.1, -0.05) is 36.4 Å². The number of carbonyl (C=O) groups excluding carboxylic acids is 2. The van der Waals surface area contributed by atoms with E-state index in [4.69, 9.17) is 21.7 Å². The molecule has 8 heteroatoms. The maximum Gasteiger partial charge on any atom is 0.338 e. The van der Waals surface area contributed by atoms with E-state index in [1.54, 1.807) is 31.2 Å². The molecule has 0 saturated heterocycles. The maximum absolute atomic E-state index is 13.1. The van der Waals surface area contributed by atoms with Crippen LogP contribution in [0.25, 0.3) is 0 Å². The van der Waals surface area contributed by atoms with E-state index in [1.165, 1.54) is 0 Å². The summed E-state index contributed by atoms with van der Waals surface area (Å²) in [7, 11) is 0. The van der Waals surface area contributed by atoms with Crippen LogP contribution in [0.15, 0.2) is 72.8 Å². The summed E-state index contributed by atoms with van der Waals surface area (Å²) < 4.78 is 10.9. The Morgan fingerprint density at radius 1 is 0.906 bits per heavy atom. The van der Waals surface area contributed by atoms with Crippen molar-refractivity contribution < 1.29 is 19.1 Å².